The minimum absolute atomic E-state index is 0.967. The molecule has 0 fully saturated rings. The highest BCUT2D eigenvalue weighted by molar-refractivity contribution is 5.87. The van der Waals surface area contributed by atoms with Crippen LogP contribution < -0.4 is 5.84 Å². The van der Waals surface area contributed by atoms with E-state index < -0.39 is 0 Å². The fraction of sp³-hybridized carbons (Fsp3) is 0. The Labute approximate surface area is 69.1 Å². The van der Waals surface area contributed by atoms with E-state index in [0.717, 1.165) is 16.5 Å². The number of H-pyrrole nitrogens is 1. The summed E-state index contributed by atoms with van der Waals surface area (Å²) in [6.45, 7) is 0. The van der Waals surface area contributed by atoms with Crippen LogP contribution in [0.5, 0.6) is 0 Å². The maximum absolute atomic E-state index is 5.02. The van der Waals surface area contributed by atoms with Gasteiger partial charge < -0.3 is 5.84 Å². The summed E-state index contributed by atoms with van der Waals surface area (Å²) in [5.74, 6) is 5.02. The van der Waals surface area contributed by atoms with Crippen molar-refractivity contribution in [3.63, 3.8) is 0 Å². The Bertz CT molecular complexity index is 416. The molecule has 1 aromatic carbocycles. The van der Waals surface area contributed by atoms with Crippen LogP contribution in [0.1, 0.15) is 5.56 Å². The van der Waals surface area contributed by atoms with E-state index in [9.17, 15) is 0 Å². The summed E-state index contributed by atoms with van der Waals surface area (Å²) >= 11 is 0. The highest BCUT2D eigenvalue weighted by Gasteiger charge is 1.94. The second-order valence-corrected chi connectivity index (χ2v) is 2.49. The van der Waals surface area contributed by atoms with Crippen LogP contribution in [0.25, 0.3) is 10.9 Å². The van der Waals surface area contributed by atoms with Crippen molar-refractivity contribution in [2.45, 2.75) is 0 Å². The molecule has 3 N–H and O–H groups in total. The second-order valence-electron chi connectivity index (χ2n) is 2.49. The molecule has 12 heavy (non-hydrogen) atoms. The summed E-state index contributed by atoms with van der Waals surface area (Å²) in [6, 6.07) is 5.85. The molecular weight excluding hydrogens is 152 g/mol. The molecule has 2 aromatic rings. The number of fused-ring (bicyclic) bond motifs is 1. The zero-order valence-corrected chi connectivity index (χ0v) is 6.36. The minimum Gasteiger partial charge on any atom is -0.323 e. The standard InChI is InChI=1S/C8H8N4/c9-10-4-6-1-2-7-5-11-12-8(7)3-6/h1-5H,9H2,(H,11,12). The molecule has 1 aromatic heterocycles. The summed E-state index contributed by atoms with van der Waals surface area (Å²) in [5, 5.41) is 11.3. The zero-order chi connectivity index (χ0) is 8.39. The first kappa shape index (κ1) is 6.84. The topological polar surface area (TPSA) is 67.1 Å². The molecule has 0 atom stereocenters. The molecule has 0 aliphatic heterocycles. The van der Waals surface area contributed by atoms with E-state index in [2.05, 4.69) is 15.3 Å². The lowest BCUT2D eigenvalue weighted by Gasteiger charge is -1.90. The first-order valence-electron chi connectivity index (χ1n) is 3.56. The van der Waals surface area contributed by atoms with Gasteiger partial charge in [-0.25, -0.2) is 0 Å². The Balaban J connectivity index is 2.60. The van der Waals surface area contributed by atoms with Gasteiger partial charge in [0.1, 0.15) is 0 Å². The van der Waals surface area contributed by atoms with Crippen LogP contribution >= 0.6 is 0 Å². The van der Waals surface area contributed by atoms with Gasteiger partial charge in [-0.05, 0) is 11.6 Å². The van der Waals surface area contributed by atoms with Crippen LogP contribution in [0.3, 0.4) is 0 Å². The Morgan fingerprint density at radius 3 is 3.25 bits per heavy atom. The third kappa shape index (κ3) is 1.03. The zero-order valence-electron chi connectivity index (χ0n) is 6.36. The predicted molar refractivity (Wildman–Crippen MR) is 47.9 cm³/mol. The van der Waals surface area contributed by atoms with Crippen molar-refractivity contribution in [1.29, 1.82) is 0 Å². The van der Waals surface area contributed by atoms with Gasteiger partial charge in [0.2, 0.25) is 0 Å². The number of benzene rings is 1. The fourth-order valence-electron chi connectivity index (χ4n) is 1.12. The third-order valence-corrected chi connectivity index (χ3v) is 1.69. The van der Waals surface area contributed by atoms with Crippen LogP contribution in [0.4, 0.5) is 0 Å². The Morgan fingerprint density at radius 1 is 1.50 bits per heavy atom. The molecule has 4 heteroatoms. The number of aromatic nitrogens is 2. The second kappa shape index (κ2) is 2.65. The van der Waals surface area contributed by atoms with E-state index in [1.54, 1.807) is 12.4 Å². The van der Waals surface area contributed by atoms with Crippen LogP contribution in [0, 0.1) is 0 Å². The molecule has 0 bridgehead atoms. The summed E-state index contributed by atoms with van der Waals surface area (Å²) in [4.78, 5) is 0. The normalized spacial score (nSPS) is 11.3. The summed E-state index contributed by atoms with van der Waals surface area (Å²) in [7, 11) is 0. The van der Waals surface area contributed by atoms with Gasteiger partial charge in [-0.3, -0.25) is 5.10 Å². The van der Waals surface area contributed by atoms with Crippen LogP contribution in [0.2, 0.25) is 0 Å². The monoisotopic (exact) mass is 160 g/mol. The van der Waals surface area contributed by atoms with Gasteiger partial charge in [0, 0.05) is 5.39 Å². The Kier molecular flexibility index (Phi) is 1.51. The molecule has 0 saturated carbocycles. The quantitative estimate of drug-likeness (QED) is 0.369. The molecule has 0 aliphatic rings. The maximum Gasteiger partial charge on any atom is 0.0656 e. The first-order valence-corrected chi connectivity index (χ1v) is 3.56. The largest absolute Gasteiger partial charge is 0.323 e. The number of aromatic amines is 1. The Morgan fingerprint density at radius 2 is 2.42 bits per heavy atom. The average Bonchev–Trinajstić information content (AvgIpc) is 2.51. The highest BCUT2D eigenvalue weighted by Crippen LogP contribution is 2.10. The maximum atomic E-state index is 5.02. The first-order chi connectivity index (χ1) is 5.90. The van der Waals surface area contributed by atoms with E-state index in [4.69, 9.17) is 5.84 Å². The average molecular weight is 160 g/mol. The highest BCUT2D eigenvalue weighted by atomic mass is 15.1. The molecule has 0 unspecified atom stereocenters. The minimum atomic E-state index is 0.967. The van der Waals surface area contributed by atoms with E-state index in [-0.39, 0.29) is 0 Å². The number of nitrogens with two attached hydrogens (primary N) is 1. The lowest BCUT2D eigenvalue weighted by molar-refractivity contribution is 1.12. The van der Waals surface area contributed by atoms with Gasteiger partial charge in [-0.15, -0.1) is 0 Å². The van der Waals surface area contributed by atoms with Gasteiger partial charge >= 0.3 is 0 Å². The molecule has 0 amide bonds. The van der Waals surface area contributed by atoms with Crippen molar-refractivity contribution in [3.05, 3.63) is 30.0 Å². The van der Waals surface area contributed by atoms with Gasteiger partial charge in [-0.2, -0.15) is 10.2 Å². The number of hydrogen-bond acceptors (Lipinski definition) is 3. The smallest absolute Gasteiger partial charge is 0.0656 e. The molecule has 2 rings (SSSR count). The van der Waals surface area contributed by atoms with Crippen molar-refractivity contribution in [2.24, 2.45) is 10.9 Å². The van der Waals surface area contributed by atoms with E-state index >= 15 is 0 Å². The number of nitrogens with zero attached hydrogens (tertiary/aromatic N) is 2. The van der Waals surface area contributed by atoms with Crippen molar-refractivity contribution in [3.8, 4) is 0 Å². The molecule has 1 heterocycles. The van der Waals surface area contributed by atoms with Crippen molar-refractivity contribution >= 4 is 17.1 Å². The molecular formula is C8H8N4. The molecule has 0 radical (unpaired) electrons. The Hall–Kier alpha value is -1.84. The molecule has 0 spiro atoms. The molecule has 0 aliphatic carbocycles. The lowest BCUT2D eigenvalue weighted by Crippen LogP contribution is -1.85. The van der Waals surface area contributed by atoms with E-state index in [1.165, 1.54) is 0 Å². The van der Waals surface area contributed by atoms with Gasteiger partial charge in [0.15, 0.2) is 0 Å². The van der Waals surface area contributed by atoms with Gasteiger partial charge in [-0.1, -0.05) is 12.1 Å². The van der Waals surface area contributed by atoms with Gasteiger partial charge in [0.25, 0.3) is 0 Å². The molecule has 0 saturated heterocycles. The molecule has 4 nitrogen and oxygen atoms in total. The third-order valence-electron chi connectivity index (χ3n) is 1.69. The van der Waals surface area contributed by atoms with Crippen LogP contribution in [-0.4, -0.2) is 16.4 Å². The SMILES string of the molecule is NN=Cc1ccc2cn[nH]c2c1. The summed E-state index contributed by atoms with van der Waals surface area (Å²) in [5.41, 5.74) is 1.96. The number of hydrazone groups is 1. The lowest BCUT2D eigenvalue weighted by atomic mass is 10.2. The summed E-state index contributed by atoms with van der Waals surface area (Å²) < 4.78 is 0. The van der Waals surface area contributed by atoms with E-state index in [1.807, 2.05) is 18.2 Å². The summed E-state index contributed by atoms with van der Waals surface area (Å²) in [6.07, 6.45) is 3.37. The van der Waals surface area contributed by atoms with Crippen molar-refractivity contribution in [2.75, 3.05) is 0 Å². The predicted octanol–water partition coefficient (Wildman–Crippen LogP) is 0.856. The van der Waals surface area contributed by atoms with Crippen molar-refractivity contribution < 1.29 is 0 Å². The van der Waals surface area contributed by atoms with Gasteiger partial charge in [0.05, 0.1) is 17.9 Å². The number of nitrogens with one attached hydrogen (secondary N) is 1. The van der Waals surface area contributed by atoms with Crippen molar-refractivity contribution in [1.82, 2.24) is 10.2 Å². The van der Waals surface area contributed by atoms with Crippen LogP contribution in [0.15, 0.2) is 29.5 Å². The molecule has 60 valence electrons. The fourth-order valence-corrected chi connectivity index (χ4v) is 1.12. The van der Waals surface area contributed by atoms with Crippen LogP contribution in [-0.2, 0) is 0 Å². The number of rotatable bonds is 1. The number of hydrogen-bond donors (Lipinski definition) is 2. The van der Waals surface area contributed by atoms with E-state index in [0.29, 0.717) is 0 Å².